The van der Waals surface area contributed by atoms with Crippen molar-refractivity contribution in [3.05, 3.63) is 0 Å². The van der Waals surface area contributed by atoms with Gasteiger partial charge in [-0.3, -0.25) is 0 Å². The predicted molar refractivity (Wildman–Crippen MR) is 59.9 cm³/mol. The minimum Gasteiger partial charge on any atom is -0.444 e. The maximum Gasteiger partial charge on any atom is 0.410 e. The zero-order valence-electron chi connectivity index (χ0n) is 10.2. The summed E-state index contributed by atoms with van der Waals surface area (Å²) in [7, 11) is 0. The van der Waals surface area contributed by atoms with Crippen molar-refractivity contribution < 1.29 is 13.9 Å². The molecule has 2 atom stereocenters. The zero-order valence-corrected chi connectivity index (χ0v) is 10.2. The van der Waals surface area contributed by atoms with Crippen molar-refractivity contribution in [2.24, 2.45) is 5.73 Å². The molecule has 0 aromatic rings. The molecule has 1 aliphatic heterocycles. The molecule has 94 valence electrons. The van der Waals surface area contributed by atoms with Crippen molar-refractivity contribution in [3.8, 4) is 0 Å². The Kier molecular flexibility index (Phi) is 4.13. The first-order chi connectivity index (χ1) is 7.33. The number of carbonyl (C=O) groups is 1. The maximum absolute atomic E-state index is 13.2. The van der Waals surface area contributed by atoms with Crippen LogP contribution in [0.5, 0.6) is 0 Å². The summed E-state index contributed by atoms with van der Waals surface area (Å²) in [4.78, 5) is 13.4. The van der Waals surface area contributed by atoms with Crippen LogP contribution in [0.25, 0.3) is 0 Å². The number of alkyl halides is 1. The predicted octanol–water partition coefficient (Wildman–Crippen LogP) is 1.68. The molecule has 4 nitrogen and oxygen atoms in total. The average molecular weight is 232 g/mol. The Morgan fingerprint density at radius 1 is 1.56 bits per heavy atom. The highest BCUT2D eigenvalue weighted by Crippen LogP contribution is 2.21. The number of likely N-dealkylation sites (tertiary alicyclic amines) is 1. The molecule has 0 aliphatic carbocycles. The van der Waals surface area contributed by atoms with Gasteiger partial charge >= 0.3 is 6.09 Å². The third kappa shape index (κ3) is 3.63. The van der Waals surface area contributed by atoms with Crippen LogP contribution in [0.4, 0.5) is 9.18 Å². The molecule has 0 bridgehead atoms. The van der Waals surface area contributed by atoms with Crippen LogP contribution in [-0.4, -0.2) is 41.9 Å². The fraction of sp³-hybridized carbons (Fsp3) is 0.909. The smallest absolute Gasteiger partial charge is 0.410 e. The van der Waals surface area contributed by atoms with E-state index < -0.39 is 17.9 Å². The standard InChI is InChI=1S/C11H21FN2O2/c1-11(2,3)16-10(15)14-5-4-8(12)6-9(14)7-13/h8-9H,4-7,13H2,1-3H3/t8-,9-/m1/s1. The lowest BCUT2D eigenvalue weighted by Crippen LogP contribution is -2.51. The molecule has 1 rings (SSSR count). The summed E-state index contributed by atoms with van der Waals surface area (Å²) in [6.45, 7) is 6.09. The lowest BCUT2D eigenvalue weighted by atomic mass is 10.0. The molecule has 1 saturated heterocycles. The lowest BCUT2D eigenvalue weighted by Gasteiger charge is -2.37. The van der Waals surface area contributed by atoms with Crippen LogP contribution >= 0.6 is 0 Å². The van der Waals surface area contributed by atoms with Crippen LogP contribution in [0, 0.1) is 0 Å². The average Bonchev–Trinajstić information content (AvgIpc) is 2.14. The van der Waals surface area contributed by atoms with Crippen molar-refractivity contribution in [1.82, 2.24) is 4.90 Å². The van der Waals surface area contributed by atoms with Gasteiger partial charge in [-0.05, 0) is 27.2 Å². The summed E-state index contributed by atoms with van der Waals surface area (Å²) in [5.41, 5.74) is 5.02. The first kappa shape index (κ1) is 13.2. The number of amides is 1. The summed E-state index contributed by atoms with van der Waals surface area (Å²) in [5, 5.41) is 0. The van der Waals surface area contributed by atoms with Crippen molar-refractivity contribution in [3.63, 3.8) is 0 Å². The molecule has 1 heterocycles. The van der Waals surface area contributed by atoms with Gasteiger partial charge in [-0.2, -0.15) is 0 Å². The van der Waals surface area contributed by atoms with E-state index in [4.69, 9.17) is 10.5 Å². The van der Waals surface area contributed by atoms with E-state index in [0.717, 1.165) is 0 Å². The van der Waals surface area contributed by atoms with Gasteiger partial charge in [0.2, 0.25) is 0 Å². The van der Waals surface area contributed by atoms with E-state index in [-0.39, 0.29) is 12.6 Å². The third-order valence-electron chi connectivity index (χ3n) is 2.55. The van der Waals surface area contributed by atoms with E-state index >= 15 is 0 Å². The lowest BCUT2D eigenvalue weighted by molar-refractivity contribution is 0.00344. The molecule has 0 radical (unpaired) electrons. The van der Waals surface area contributed by atoms with Crippen LogP contribution in [0.15, 0.2) is 0 Å². The third-order valence-corrected chi connectivity index (χ3v) is 2.55. The number of halogens is 1. The van der Waals surface area contributed by atoms with Gasteiger partial charge in [0.1, 0.15) is 11.8 Å². The van der Waals surface area contributed by atoms with E-state index in [0.29, 0.717) is 19.4 Å². The second kappa shape index (κ2) is 4.99. The van der Waals surface area contributed by atoms with E-state index in [9.17, 15) is 9.18 Å². The van der Waals surface area contributed by atoms with Gasteiger partial charge in [0.15, 0.2) is 0 Å². The van der Waals surface area contributed by atoms with Crippen LogP contribution in [0.1, 0.15) is 33.6 Å². The van der Waals surface area contributed by atoms with E-state index in [1.165, 1.54) is 0 Å². The Morgan fingerprint density at radius 3 is 2.69 bits per heavy atom. The zero-order chi connectivity index (χ0) is 12.3. The molecule has 0 unspecified atom stereocenters. The number of rotatable bonds is 1. The van der Waals surface area contributed by atoms with Gasteiger partial charge in [0.05, 0.1) is 6.04 Å². The number of hydrogen-bond donors (Lipinski definition) is 1. The fourth-order valence-electron chi connectivity index (χ4n) is 1.79. The number of ether oxygens (including phenoxy) is 1. The van der Waals surface area contributed by atoms with E-state index in [1.54, 1.807) is 4.90 Å². The van der Waals surface area contributed by atoms with E-state index in [2.05, 4.69) is 0 Å². The molecule has 0 aromatic carbocycles. The topological polar surface area (TPSA) is 55.6 Å². The second-order valence-electron chi connectivity index (χ2n) is 5.18. The second-order valence-corrected chi connectivity index (χ2v) is 5.18. The first-order valence-electron chi connectivity index (χ1n) is 5.67. The highest BCUT2D eigenvalue weighted by molar-refractivity contribution is 5.68. The van der Waals surface area contributed by atoms with Crippen molar-refractivity contribution >= 4 is 6.09 Å². The number of carbonyl (C=O) groups excluding carboxylic acids is 1. The molecule has 1 aliphatic rings. The molecule has 0 spiro atoms. The van der Waals surface area contributed by atoms with E-state index in [1.807, 2.05) is 20.8 Å². The fourth-order valence-corrected chi connectivity index (χ4v) is 1.79. The normalized spacial score (nSPS) is 26.7. The summed E-state index contributed by atoms with van der Waals surface area (Å²) in [6.07, 6.45) is -0.562. The Morgan fingerprint density at radius 2 is 2.19 bits per heavy atom. The molecule has 16 heavy (non-hydrogen) atoms. The molecule has 0 aromatic heterocycles. The summed E-state index contributed by atoms with van der Waals surface area (Å²) < 4.78 is 18.4. The van der Waals surface area contributed by atoms with Gasteiger partial charge in [-0.1, -0.05) is 0 Å². The first-order valence-corrected chi connectivity index (χ1v) is 5.67. The number of hydrogen-bond acceptors (Lipinski definition) is 3. The molecular formula is C11H21FN2O2. The van der Waals surface area contributed by atoms with Crippen LogP contribution in [0.2, 0.25) is 0 Å². The summed E-state index contributed by atoms with van der Waals surface area (Å²) in [6, 6.07) is -0.237. The highest BCUT2D eigenvalue weighted by Gasteiger charge is 2.33. The summed E-state index contributed by atoms with van der Waals surface area (Å²) in [5.74, 6) is 0. The van der Waals surface area contributed by atoms with Crippen LogP contribution in [-0.2, 0) is 4.74 Å². The van der Waals surface area contributed by atoms with Crippen molar-refractivity contribution in [1.29, 1.82) is 0 Å². The van der Waals surface area contributed by atoms with Gasteiger partial charge in [0.25, 0.3) is 0 Å². The molecule has 1 amide bonds. The Hall–Kier alpha value is -0.840. The van der Waals surface area contributed by atoms with Crippen LogP contribution < -0.4 is 5.73 Å². The minimum atomic E-state index is -0.854. The minimum absolute atomic E-state index is 0.237. The van der Waals surface area contributed by atoms with Crippen LogP contribution in [0.3, 0.4) is 0 Å². The molecule has 0 saturated carbocycles. The monoisotopic (exact) mass is 232 g/mol. The highest BCUT2D eigenvalue weighted by atomic mass is 19.1. The Labute approximate surface area is 95.9 Å². The number of piperidine rings is 1. The van der Waals surface area contributed by atoms with Crippen molar-refractivity contribution in [2.75, 3.05) is 13.1 Å². The molecule has 5 heteroatoms. The maximum atomic E-state index is 13.2. The number of nitrogens with two attached hydrogens (primary N) is 1. The van der Waals surface area contributed by atoms with Crippen molar-refractivity contribution in [2.45, 2.75) is 51.4 Å². The van der Waals surface area contributed by atoms with Gasteiger partial charge in [-0.25, -0.2) is 9.18 Å². The van der Waals surface area contributed by atoms with Gasteiger partial charge in [-0.15, -0.1) is 0 Å². The molecule has 2 N–H and O–H groups in total. The largest absolute Gasteiger partial charge is 0.444 e. The molecule has 1 fully saturated rings. The van der Waals surface area contributed by atoms with Gasteiger partial charge < -0.3 is 15.4 Å². The SMILES string of the molecule is CC(C)(C)OC(=O)N1CC[C@@H](F)C[C@@H]1CN. The van der Waals surface area contributed by atoms with Gasteiger partial charge in [0, 0.05) is 19.5 Å². The quantitative estimate of drug-likeness (QED) is 0.748. The Balaban J connectivity index is 2.60. The Bertz CT molecular complexity index is 253. The molecular weight excluding hydrogens is 211 g/mol. The number of nitrogens with zero attached hydrogens (tertiary/aromatic N) is 1. The summed E-state index contributed by atoms with van der Waals surface area (Å²) >= 11 is 0.